The molecule has 0 saturated heterocycles. The molecule has 2 N–H and O–H groups in total. The Labute approximate surface area is 66.9 Å². The van der Waals surface area contributed by atoms with Crippen molar-refractivity contribution >= 4 is 0 Å². The van der Waals surface area contributed by atoms with Crippen LogP contribution in [0.25, 0.3) is 0 Å². The van der Waals surface area contributed by atoms with Gasteiger partial charge in [0.05, 0.1) is 12.7 Å². The van der Waals surface area contributed by atoms with Crippen LogP contribution in [-0.2, 0) is 9.47 Å². The molecule has 11 heavy (non-hydrogen) atoms. The number of rotatable bonds is 5. The summed E-state index contributed by atoms with van der Waals surface area (Å²) in [6.45, 7) is 2.37. The molecule has 0 amide bonds. The first kappa shape index (κ1) is 10.4. The summed E-state index contributed by atoms with van der Waals surface area (Å²) in [4.78, 5) is 0. The Kier molecular flexibility index (Phi) is 4.79. The molecule has 0 spiro atoms. The van der Waals surface area contributed by atoms with Crippen LogP contribution in [0.5, 0.6) is 0 Å². The largest absolute Gasteiger partial charge is 0.359 e. The van der Waals surface area contributed by atoms with E-state index in [0.717, 1.165) is 0 Å². The second-order valence-electron chi connectivity index (χ2n) is 2.59. The van der Waals surface area contributed by atoms with Gasteiger partial charge in [-0.15, -0.1) is 0 Å². The number of nitrogens with zero attached hydrogens (tertiary/aromatic N) is 1. The van der Waals surface area contributed by atoms with Gasteiger partial charge in [0.15, 0.2) is 0 Å². The lowest BCUT2D eigenvalue weighted by Crippen LogP contribution is -2.35. The van der Waals surface area contributed by atoms with Crippen molar-refractivity contribution in [1.29, 1.82) is 5.26 Å². The molecule has 0 saturated carbocycles. The van der Waals surface area contributed by atoms with E-state index in [2.05, 4.69) is 4.74 Å². The third-order valence-corrected chi connectivity index (χ3v) is 1.22. The minimum Gasteiger partial charge on any atom is -0.359 e. The summed E-state index contributed by atoms with van der Waals surface area (Å²) in [5, 5.41) is 8.49. The average molecular weight is 158 g/mol. The van der Waals surface area contributed by atoms with Crippen LogP contribution in [0.2, 0.25) is 0 Å². The zero-order valence-corrected chi connectivity index (χ0v) is 6.96. The van der Waals surface area contributed by atoms with Gasteiger partial charge < -0.3 is 15.2 Å². The predicted octanol–water partition coefficient (Wildman–Crippen LogP) is 0.238. The Morgan fingerprint density at radius 2 is 2.27 bits per heavy atom. The van der Waals surface area contributed by atoms with Crippen molar-refractivity contribution in [2.45, 2.75) is 18.9 Å². The summed E-state index contributed by atoms with van der Waals surface area (Å²) in [7, 11) is 1.55. The number of nitrogens with two attached hydrogens (primary N) is 1. The molecule has 64 valence electrons. The maximum absolute atomic E-state index is 8.49. The number of hydrogen-bond acceptors (Lipinski definition) is 4. The standard InChI is InChI=1S/C7H14N2O2/c1-7(9,5-8)3-4-11-6-10-2/h3-4,6,9H2,1-2H3. The van der Waals surface area contributed by atoms with E-state index in [-0.39, 0.29) is 6.79 Å². The molecule has 4 heteroatoms. The van der Waals surface area contributed by atoms with Gasteiger partial charge in [-0.3, -0.25) is 0 Å². The maximum atomic E-state index is 8.49. The van der Waals surface area contributed by atoms with Crippen molar-refractivity contribution in [2.75, 3.05) is 20.5 Å². The minimum absolute atomic E-state index is 0.251. The van der Waals surface area contributed by atoms with Crippen LogP contribution in [0.1, 0.15) is 13.3 Å². The second-order valence-corrected chi connectivity index (χ2v) is 2.59. The lowest BCUT2D eigenvalue weighted by atomic mass is 10.0. The molecule has 0 aliphatic carbocycles. The number of methoxy groups -OCH3 is 1. The van der Waals surface area contributed by atoms with Crippen LogP contribution < -0.4 is 5.73 Å². The van der Waals surface area contributed by atoms with Crippen molar-refractivity contribution in [2.24, 2.45) is 5.73 Å². The van der Waals surface area contributed by atoms with Crippen molar-refractivity contribution < 1.29 is 9.47 Å². The Bertz CT molecular complexity index is 140. The van der Waals surface area contributed by atoms with Crippen LogP contribution in [0.3, 0.4) is 0 Å². The smallest absolute Gasteiger partial charge is 0.146 e. The van der Waals surface area contributed by atoms with Gasteiger partial charge in [0.25, 0.3) is 0 Å². The summed E-state index contributed by atoms with van der Waals surface area (Å²) in [6, 6.07) is 1.98. The molecule has 0 aromatic rings. The van der Waals surface area contributed by atoms with Crippen LogP contribution >= 0.6 is 0 Å². The molecule has 0 aliphatic rings. The Morgan fingerprint density at radius 1 is 1.64 bits per heavy atom. The van der Waals surface area contributed by atoms with Gasteiger partial charge in [0.2, 0.25) is 0 Å². The SMILES string of the molecule is COCOCCC(C)(N)C#N. The number of ether oxygens (including phenoxy) is 2. The molecular weight excluding hydrogens is 144 g/mol. The molecular formula is C7H14N2O2. The Hall–Kier alpha value is -0.630. The molecule has 0 aromatic heterocycles. The fourth-order valence-corrected chi connectivity index (χ4v) is 0.482. The first-order valence-electron chi connectivity index (χ1n) is 3.39. The van der Waals surface area contributed by atoms with Crippen LogP contribution in [-0.4, -0.2) is 26.0 Å². The molecule has 0 radical (unpaired) electrons. The molecule has 0 bridgehead atoms. The normalized spacial score (nSPS) is 15.5. The average Bonchev–Trinajstić information content (AvgIpc) is 1.99. The molecule has 0 aromatic carbocycles. The van der Waals surface area contributed by atoms with E-state index in [4.69, 9.17) is 15.7 Å². The number of hydrogen-bond donors (Lipinski definition) is 1. The zero-order chi connectivity index (χ0) is 8.74. The van der Waals surface area contributed by atoms with E-state index in [1.54, 1.807) is 14.0 Å². The van der Waals surface area contributed by atoms with E-state index in [1.807, 2.05) is 6.07 Å². The molecule has 0 rings (SSSR count). The molecule has 0 heterocycles. The molecule has 1 atom stereocenters. The minimum atomic E-state index is -0.784. The van der Waals surface area contributed by atoms with Crippen LogP contribution in [0.15, 0.2) is 0 Å². The third-order valence-electron chi connectivity index (χ3n) is 1.22. The Balaban J connectivity index is 3.32. The summed E-state index contributed by atoms with van der Waals surface area (Å²) >= 11 is 0. The monoisotopic (exact) mass is 158 g/mol. The van der Waals surface area contributed by atoms with Gasteiger partial charge in [-0.25, -0.2) is 0 Å². The fraction of sp³-hybridized carbons (Fsp3) is 0.857. The van der Waals surface area contributed by atoms with Gasteiger partial charge in [-0.1, -0.05) is 0 Å². The van der Waals surface area contributed by atoms with E-state index in [1.165, 1.54) is 0 Å². The quantitative estimate of drug-likeness (QED) is 0.459. The highest BCUT2D eigenvalue weighted by Gasteiger charge is 2.15. The third kappa shape index (κ3) is 5.80. The van der Waals surface area contributed by atoms with E-state index < -0.39 is 5.54 Å². The summed E-state index contributed by atoms with van der Waals surface area (Å²) < 4.78 is 9.61. The van der Waals surface area contributed by atoms with Gasteiger partial charge >= 0.3 is 0 Å². The molecule has 0 fully saturated rings. The molecule has 1 unspecified atom stereocenters. The topological polar surface area (TPSA) is 68.3 Å². The highest BCUT2D eigenvalue weighted by Crippen LogP contribution is 2.02. The fourth-order valence-electron chi connectivity index (χ4n) is 0.482. The van der Waals surface area contributed by atoms with Crippen LogP contribution in [0, 0.1) is 11.3 Å². The van der Waals surface area contributed by atoms with Crippen molar-refractivity contribution in [3.8, 4) is 6.07 Å². The maximum Gasteiger partial charge on any atom is 0.146 e. The second kappa shape index (κ2) is 5.08. The number of nitriles is 1. The zero-order valence-electron chi connectivity index (χ0n) is 6.96. The van der Waals surface area contributed by atoms with Gasteiger partial charge in [0, 0.05) is 13.5 Å². The molecule has 4 nitrogen and oxygen atoms in total. The summed E-state index contributed by atoms with van der Waals surface area (Å²) in [6.07, 6.45) is 0.521. The van der Waals surface area contributed by atoms with Gasteiger partial charge in [-0.2, -0.15) is 5.26 Å². The molecule has 0 aliphatic heterocycles. The Morgan fingerprint density at radius 3 is 2.73 bits per heavy atom. The van der Waals surface area contributed by atoms with Gasteiger partial charge in [-0.05, 0) is 6.92 Å². The highest BCUT2D eigenvalue weighted by molar-refractivity contribution is 5.00. The first-order valence-corrected chi connectivity index (χ1v) is 3.39. The van der Waals surface area contributed by atoms with Crippen molar-refractivity contribution in [3.63, 3.8) is 0 Å². The van der Waals surface area contributed by atoms with Crippen molar-refractivity contribution in [3.05, 3.63) is 0 Å². The van der Waals surface area contributed by atoms with Crippen molar-refractivity contribution in [1.82, 2.24) is 0 Å². The summed E-state index contributed by atoms with van der Waals surface area (Å²) in [5.74, 6) is 0. The lowest BCUT2D eigenvalue weighted by Gasteiger charge is -2.14. The van der Waals surface area contributed by atoms with E-state index >= 15 is 0 Å². The van der Waals surface area contributed by atoms with Gasteiger partial charge in [0.1, 0.15) is 12.3 Å². The lowest BCUT2D eigenvalue weighted by molar-refractivity contribution is -0.0335. The van der Waals surface area contributed by atoms with E-state index in [9.17, 15) is 0 Å². The highest BCUT2D eigenvalue weighted by atomic mass is 16.7. The van der Waals surface area contributed by atoms with E-state index in [0.29, 0.717) is 13.0 Å². The predicted molar refractivity (Wildman–Crippen MR) is 40.7 cm³/mol. The first-order chi connectivity index (χ1) is 5.12. The summed E-state index contributed by atoms with van der Waals surface area (Å²) in [5.41, 5.74) is 4.73. The van der Waals surface area contributed by atoms with Crippen LogP contribution in [0.4, 0.5) is 0 Å².